The van der Waals surface area contributed by atoms with Crippen molar-refractivity contribution in [3.8, 4) is 17.2 Å². The summed E-state index contributed by atoms with van der Waals surface area (Å²) in [5.74, 6) is 0.845. The first-order valence-corrected chi connectivity index (χ1v) is 18.2. The van der Waals surface area contributed by atoms with Crippen molar-refractivity contribution in [3.63, 3.8) is 0 Å². The van der Waals surface area contributed by atoms with E-state index in [1.807, 2.05) is 12.1 Å². The third-order valence-electron chi connectivity index (χ3n) is 11.3. The molecule has 0 N–H and O–H groups in total. The number of nitrogens with zero attached hydrogens (tertiary/aromatic N) is 4. The van der Waals surface area contributed by atoms with Gasteiger partial charge in [-0.25, -0.2) is 9.97 Å². The van der Waals surface area contributed by atoms with Crippen molar-refractivity contribution in [1.29, 1.82) is 0 Å². The highest BCUT2D eigenvalue weighted by molar-refractivity contribution is 6.27. The standard InChI is InChI=1S/C48H30N4O/c1-2-13-30(14-3-1)45-35-17-6-9-19-38(35)49-48(50-45)52-40-26-24-34-33-16-7-10-20-39(33)51(32-23-22-29-12-4-5-15-31(29)28-32)46(34)43(40)37-25-27-42-44(47(37)52)36-18-8-11-21-41(36)53-42/h1-28,33,39H. The molecule has 4 heterocycles. The molecule has 0 bridgehead atoms. The number of hydrogen-bond donors (Lipinski definition) is 0. The lowest BCUT2D eigenvalue weighted by Gasteiger charge is -2.29. The van der Waals surface area contributed by atoms with Gasteiger partial charge < -0.3 is 9.32 Å². The smallest absolute Gasteiger partial charge is 0.235 e. The summed E-state index contributed by atoms with van der Waals surface area (Å²) in [7, 11) is 0. The summed E-state index contributed by atoms with van der Waals surface area (Å²) in [5, 5.41) is 7.95. The molecule has 0 saturated heterocycles. The lowest BCUT2D eigenvalue weighted by Crippen LogP contribution is -2.28. The van der Waals surface area contributed by atoms with E-state index < -0.39 is 0 Å². The molecule has 0 saturated carbocycles. The molecule has 0 amide bonds. The Kier molecular flexibility index (Phi) is 5.83. The molecule has 12 rings (SSSR count). The Hall–Kier alpha value is -6.98. The SMILES string of the molecule is C1=CC2c3ccc4c(c3N(c3ccc5ccccc5c3)C2C=C1)c1ccc2oc3ccccc3c2c1n4-c1nc(-c2ccccc2)c2ccccc2n1. The van der Waals surface area contributed by atoms with Gasteiger partial charge in [0.05, 0.1) is 39.4 Å². The van der Waals surface area contributed by atoms with Gasteiger partial charge in [0.2, 0.25) is 5.95 Å². The Labute approximate surface area is 304 Å². The molecule has 7 aromatic carbocycles. The van der Waals surface area contributed by atoms with E-state index >= 15 is 0 Å². The van der Waals surface area contributed by atoms with Gasteiger partial charge in [-0.3, -0.25) is 4.57 Å². The predicted octanol–water partition coefficient (Wildman–Crippen LogP) is 12.2. The molecule has 2 atom stereocenters. The van der Waals surface area contributed by atoms with Gasteiger partial charge in [0.25, 0.3) is 0 Å². The molecule has 5 heteroatoms. The largest absolute Gasteiger partial charge is 0.456 e. The third-order valence-corrected chi connectivity index (χ3v) is 11.3. The fraction of sp³-hybridized carbons (Fsp3) is 0.0417. The van der Waals surface area contributed by atoms with Crippen LogP contribution in [0.2, 0.25) is 0 Å². The Balaban J connectivity index is 1.25. The number of allylic oxidation sites excluding steroid dienone is 2. The van der Waals surface area contributed by atoms with Gasteiger partial charge in [0.15, 0.2) is 0 Å². The van der Waals surface area contributed by atoms with Crippen LogP contribution in [0.1, 0.15) is 11.5 Å². The Morgan fingerprint density at radius 2 is 1.36 bits per heavy atom. The van der Waals surface area contributed by atoms with E-state index in [9.17, 15) is 0 Å². The Bertz CT molecular complexity index is 3200. The predicted molar refractivity (Wildman–Crippen MR) is 217 cm³/mol. The fourth-order valence-electron chi connectivity index (χ4n) is 9.02. The van der Waals surface area contributed by atoms with Crippen LogP contribution in [-0.2, 0) is 0 Å². The van der Waals surface area contributed by atoms with Crippen molar-refractivity contribution in [1.82, 2.24) is 14.5 Å². The molecule has 10 aromatic rings. The number of furan rings is 1. The molecule has 5 nitrogen and oxygen atoms in total. The van der Waals surface area contributed by atoms with E-state index in [0.717, 1.165) is 60.5 Å². The summed E-state index contributed by atoms with van der Waals surface area (Å²) in [6, 6.07) is 51.7. The summed E-state index contributed by atoms with van der Waals surface area (Å²) in [5.41, 5.74) is 10.4. The van der Waals surface area contributed by atoms with Crippen LogP contribution in [-0.4, -0.2) is 20.6 Å². The first-order valence-electron chi connectivity index (χ1n) is 18.2. The second-order valence-corrected chi connectivity index (χ2v) is 14.1. The minimum Gasteiger partial charge on any atom is -0.456 e. The second kappa shape index (κ2) is 10.8. The summed E-state index contributed by atoms with van der Waals surface area (Å²) < 4.78 is 8.82. The second-order valence-electron chi connectivity index (χ2n) is 14.1. The maximum Gasteiger partial charge on any atom is 0.235 e. The monoisotopic (exact) mass is 678 g/mol. The van der Waals surface area contributed by atoms with Gasteiger partial charge >= 0.3 is 0 Å². The van der Waals surface area contributed by atoms with E-state index in [-0.39, 0.29) is 12.0 Å². The number of benzene rings is 7. The van der Waals surface area contributed by atoms with Crippen LogP contribution >= 0.6 is 0 Å². The first kappa shape index (κ1) is 28.7. The van der Waals surface area contributed by atoms with E-state index in [0.29, 0.717) is 5.95 Å². The molecule has 1 aliphatic heterocycles. The lowest BCUT2D eigenvalue weighted by atomic mass is 9.91. The average Bonchev–Trinajstić information content (AvgIpc) is 3.88. The zero-order valence-corrected chi connectivity index (χ0v) is 28.5. The van der Waals surface area contributed by atoms with Gasteiger partial charge in [-0.15, -0.1) is 0 Å². The highest BCUT2D eigenvalue weighted by atomic mass is 16.3. The van der Waals surface area contributed by atoms with Crippen molar-refractivity contribution in [3.05, 3.63) is 175 Å². The molecule has 2 unspecified atom stereocenters. The van der Waals surface area contributed by atoms with Crippen LogP contribution in [0.3, 0.4) is 0 Å². The van der Waals surface area contributed by atoms with Crippen LogP contribution in [0.15, 0.2) is 174 Å². The van der Waals surface area contributed by atoms with Gasteiger partial charge in [0, 0.05) is 38.7 Å². The first-order chi connectivity index (χ1) is 26.3. The number of anilines is 2. The highest BCUT2D eigenvalue weighted by Crippen LogP contribution is 2.54. The number of para-hydroxylation sites is 2. The topological polar surface area (TPSA) is 47.1 Å². The van der Waals surface area contributed by atoms with Crippen molar-refractivity contribution < 1.29 is 4.42 Å². The number of fused-ring (bicyclic) bond motifs is 13. The molecular weight excluding hydrogens is 649 g/mol. The van der Waals surface area contributed by atoms with Gasteiger partial charge in [-0.2, -0.15) is 0 Å². The molecule has 2 aliphatic rings. The number of hydrogen-bond acceptors (Lipinski definition) is 4. The van der Waals surface area contributed by atoms with Crippen molar-refractivity contribution in [2.75, 3.05) is 4.90 Å². The molecule has 0 fully saturated rings. The summed E-state index contributed by atoms with van der Waals surface area (Å²) in [6.07, 6.45) is 9.09. The maximum absolute atomic E-state index is 6.53. The zero-order valence-electron chi connectivity index (χ0n) is 28.5. The van der Waals surface area contributed by atoms with Gasteiger partial charge in [-0.05, 0) is 58.8 Å². The zero-order chi connectivity index (χ0) is 34.6. The minimum atomic E-state index is 0.139. The van der Waals surface area contributed by atoms with E-state index in [1.165, 1.54) is 33.1 Å². The van der Waals surface area contributed by atoms with Crippen LogP contribution < -0.4 is 4.90 Å². The van der Waals surface area contributed by atoms with E-state index in [2.05, 4.69) is 167 Å². The molecule has 0 spiro atoms. The highest BCUT2D eigenvalue weighted by Gasteiger charge is 2.40. The van der Waals surface area contributed by atoms with Crippen LogP contribution in [0.5, 0.6) is 0 Å². The molecule has 1 aliphatic carbocycles. The molecule has 53 heavy (non-hydrogen) atoms. The lowest BCUT2D eigenvalue weighted by molar-refractivity contribution is 0.669. The Morgan fingerprint density at radius 1 is 0.566 bits per heavy atom. The number of aromatic nitrogens is 3. The maximum atomic E-state index is 6.53. The molecule has 3 aromatic heterocycles. The number of rotatable bonds is 3. The third kappa shape index (κ3) is 4.02. The summed E-state index contributed by atoms with van der Waals surface area (Å²) in [4.78, 5) is 13.3. The summed E-state index contributed by atoms with van der Waals surface area (Å²) >= 11 is 0. The van der Waals surface area contributed by atoms with Crippen LogP contribution in [0.25, 0.3) is 82.6 Å². The van der Waals surface area contributed by atoms with E-state index in [1.54, 1.807) is 0 Å². The summed E-state index contributed by atoms with van der Waals surface area (Å²) in [6.45, 7) is 0. The average molecular weight is 679 g/mol. The molecule has 0 radical (unpaired) electrons. The van der Waals surface area contributed by atoms with Crippen LogP contribution in [0, 0.1) is 0 Å². The minimum absolute atomic E-state index is 0.139. The quantitative estimate of drug-likeness (QED) is 0.187. The molecular formula is C48H30N4O. The fourth-order valence-corrected chi connectivity index (χ4v) is 9.02. The van der Waals surface area contributed by atoms with Crippen LogP contribution in [0.4, 0.5) is 11.4 Å². The molecule has 248 valence electrons. The van der Waals surface area contributed by atoms with Gasteiger partial charge in [0.1, 0.15) is 11.2 Å². The van der Waals surface area contributed by atoms with Crippen molar-refractivity contribution in [2.24, 2.45) is 0 Å². The van der Waals surface area contributed by atoms with Crippen molar-refractivity contribution >= 4 is 76.8 Å². The Morgan fingerprint density at radius 3 is 2.28 bits per heavy atom. The van der Waals surface area contributed by atoms with Crippen molar-refractivity contribution in [2.45, 2.75) is 12.0 Å². The van der Waals surface area contributed by atoms with Gasteiger partial charge in [-0.1, -0.05) is 127 Å². The normalized spacial score (nSPS) is 16.5. The van der Waals surface area contributed by atoms with E-state index in [4.69, 9.17) is 14.4 Å².